The van der Waals surface area contributed by atoms with Crippen molar-refractivity contribution in [3.05, 3.63) is 54.4 Å². The van der Waals surface area contributed by atoms with Crippen molar-refractivity contribution < 1.29 is 19.1 Å². The number of pyridine rings is 1. The first-order valence-corrected chi connectivity index (χ1v) is 10.1. The summed E-state index contributed by atoms with van der Waals surface area (Å²) in [6.45, 7) is 2.55. The number of methoxy groups -OCH3 is 1. The minimum absolute atomic E-state index is 0.0195. The number of hydrogen-bond donors (Lipinski definition) is 2. The van der Waals surface area contributed by atoms with Crippen molar-refractivity contribution in [1.29, 1.82) is 0 Å². The molecule has 2 aliphatic rings. The van der Waals surface area contributed by atoms with E-state index < -0.39 is 5.60 Å². The predicted octanol–water partition coefficient (Wildman–Crippen LogP) is 2.04. The average molecular weight is 410 g/mol. The zero-order valence-electron chi connectivity index (χ0n) is 17.0. The van der Waals surface area contributed by atoms with Crippen LogP contribution >= 0.6 is 0 Å². The van der Waals surface area contributed by atoms with Gasteiger partial charge in [-0.1, -0.05) is 6.07 Å². The molecule has 0 aliphatic carbocycles. The van der Waals surface area contributed by atoms with Gasteiger partial charge < -0.3 is 25.0 Å². The molecule has 2 amide bonds. The third kappa shape index (κ3) is 4.29. The Morgan fingerprint density at radius 3 is 2.70 bits per heavy atom. The number of hydrogen-bond acceptors (Lipinski definition) is 6. The van der Waals surface area contributed by atoms with Gasteiger partial charge in [0.25, 0.3) is 0 Å². The van der Waals surface area contributed by atoms with Crippen molar-refractivity contribution in [1.82, 2.24) is 15.2 Å². The number of Topliss-reactive ketones (excluding diaryl/α,β-unsaturated/α-hetero) is 1. The molecule has 0 bridgehead atoms. The van der Waals surface area contributed by atoms with Gasteiger partial charge in [-0.05, 0) is 42.4 Å². The number of benzene rings is 1. The van der Waals surface area contributed by atoms with Crippen molar-refractivity contribution in [2.24, 2.45) is 0 Å². The number of ketones is 1. The normalized spacial score (nSPS) is 21.2. The minimum atomic E-state index is -0.903. The van der Waals surface area contributed by atoms with E-state index in [1.807, 2.05) is 18.3 Å². The van der Waals surface area contributed by atoms with Crippen molar-refractivity contribution in [2.45, 2.75) is 17.9 Å². The lowest BCUT2D eigenvalue weighted by atomic mass is 9.93. The number of rotatable bonds is 7. The summed E-state index contributed by atoms with van der Waals surface area (Å²) in [7, 11) is 1.50. The van der Waals surface area contributed by atoms with E-state index in [2.05, 4.69) is 15.6 Å². The largest absolute Gasteiger partial charge is 0.478 e. The first-order valence-electron chi connectivity index (χ1n) is 10.1. The molecule has 30 heavy (non-hydrogen) atoms. The first kappa shape index (κ1) is 20.3. The number of anilines is 1. The van der Waals surface area contributed by atoms with Gasteiger partial charge in [0.2, 0.25) is 5.78 Å². The summed E-state index contributed by atoms with van der Waals surface area (Å²) in [6.07, 6.45) is 4.20. The third-order valence-corrected chi connectivity index (χ3v) is 5.64. The Hall–Kier alpha value is -2.97. The summed E-state index contributed by atoms with van der Waals surface area (Å²) in [5.41, 5.74) is 0.931. The zero-order chi connectivity index (χ0) is 21.0. The minimum Gasteiger partial charge on any atom is -0.478 e. The molecule has 4 rings (SSSR count). The molecular formula is C22H26N4O4. The monoisotopic (exact) mass is 410 g/mol. The average Bonchev–Trinajstić information content (AvgIpc) is 3.19. The molecule has 8 nitrogen and oxygen atoms in total. The predicted molar refractivity (Wildman–Crippen MR) is 112 cm³/mol. The van der Waals surface area contributed by atoms with Crippen LogP contribution in [0, 0.1) is 0 Å². The molecule has 3 heterocycles. The number of nitrogens with one attached hydrogen (secondary N) is 2. The lowest BCUT2D eigenvalue weighted by molar-refractivity contribution is -0.136. The molecule has 0 spiro atoms. The number of nitrogens with zero attached hydrogens (tertiary/aromatic N) is 2. The number of carbonyl (C=O) groups excluding carboxylic acids is 2. The highest BCUT2D eigenvalue weighted by molar-refractivity contribution is 5.90. The van der Waals surface area contributed by atoms with Crippen molar-refractivity contribution >= 4 is 17.5 Å². The van der Waals surface area contributed by atoms with Gasteiger partial charge in [-0.25, -0.2) is 4.79 Å². The molecule has 0 radical (unpaired) electrons. The van der Waals surface area contributed by atoms with Gasteiger partial charge in [-0.15, -0.1) is 0 Å². The Labute approximate surface area is 175 Å². The third-order valence-electron chi connectivity index (χ3n) is 5.64. The van der Waals surface area contributed by atoms with E-state index in [1.165, 1.54) is 7.11 Å². The van der Waals surface area contributed by atoms with Crippen LogP contribution in [-0.2, 0) is 9.53 Å². The van der Waals surface area contributed by atoms with Crippen molar-refractivity contribution in [2.75, 3.05) is 45.2 Å². The maximum absolute atomic E-state index is 12.5. The molecule has 1 aromatic heterocycles. The summed E-state index contributed by atoms with van der Waals surface area (Å²) in [5.74, 6) is 0.844. The molecular weight excluding hydrogens is 384 g/mol. The molecule has 0 saturated carbocycles. The Kier molecular flexibility index (Phi) is 5.96. The van der Waals surface area contributed by atoms with E-state index in [1.54, 1.807) is 35.4 Å². The number of ether oxygens (including phenoxy) is 2. The summed E-state index contributed by atoms with van der Waals surface area (Å²) >= 11 is 0. The van der Waals surface area contributed by atoms with Crippen molar-refractivity contribution in [3.8, 4) is 5.75 Å². The Morgan fingerprint density at radius 2 is 2.07 bits per heavy atom. The molecule has 8 heteroatoms. The number of carbonyl (C=O) groups is 2. The highest BCUT2D eigenvalue weighted by atomic mass is 16.5. The second-order valence-corrected chi connectivity index (χ2v) is 7.72. The number of aromatic nitrogens is 1. The van der Waals surface area contributed by atoms with Gasteiger partial charge in [0.15, 0.2) is 5.60 Å². The summed E-state index contributed by atoms with van der Waals surface area (Å²) < 4.78 is 11.1. The standard InChI is InChI=1S/C22H26N4O4/c1-29-14-20(27)22(8-10-24-15-22)30-19-6-4-18(5-7-19)25-21(28)26-12-17(13-26)16-3-2-9-23-11-16/h2-7,9,11,17,24H,8,10,12-15H2,1H3,(H,25,28)/t22-/m1/s1. The molecule has 2 aromatic rings. The van der Waals surface area contributed by atoms with Gasteiger partial charge in [0, 0.05) is 57.2 Å². The molecule has 2 N–H and O–H groups in total. The lowest BCUT2D eigenvalue weighted by Crippen LogP contribution is -2.50. The van der Waals surface area contributed by atoms with Gasteiger partial charge in [-0.2, -0.15) is 0 Å². The fraction of sp³-hybridized carbons (Fsp3) is 0.409. The fourth-order valence-electron chi connectivity index (χ4n) is 3.82. The highest BCUT2D eigenvalue weighted by Crippen LogP contribution is 2.28. The fourth-order valence-corrected chi connectivity index (χ4v) is 3.82. The van der Waals surface area contributed by atoms with Gasteiger partial charge in [0.05, 0.1) is 0 Å². The Morgan fingerprint density at radius 1 is 1.27 bits per heavy atom. The second kappa shape index (κ2) is 8.81. The van der Waals surface area contributed by atoms with Crippen LogP contribution in [-0.4, -0.2) is 67.2 Å². The van der Waals surface area contributed by atoms with Crippen LogP contribution in [0.2, 0.25) is 0 Å². The molecule has 158 valence electrons. The second-order valence-electron chi connectivity index (χ2n) is 7.72. The van der Waals surface area contributed by atoms with E-state index in [0.717, 1.165) is 12.1 Å². The Balaban J connectivity index is 1.32. The quantitative estimate of drug-likeness (QED) is 0.726. The number of urea groups is 1. The van der Waals surface area contributed by atoms with Crippen LogP contribution < -0.4 is 15.4 Å². The molecule has 1 aromatic carbocycles. The highest BCUT2D eigenvalue weighted by Gasteiger charge is 2.43. The summed E-state index contributed by atoms with van der Waals surface area (Å²) in [4.78, 5) is 30.8. The van der Waals surface area contributed by atoms with Crippen LogP contribution in [0.5, 0.6) is 5.75 Å². The topological polar surface area (TPSA) is 92.8 Å². The van der Waals surface area contributed by atoms with Crippen molar-refractivity contribution in [3.63, 3.8) is 0 Å². The zero-order valence-corrected chi connectivity index (χ0v) is 17.0. The molecule has 0 unspecified atom stereocenters. The van der Waals surface area contributed by atoms with Gasteiger partial charge in [-0.3, -0.25) is 9.78 Å². The van der Waals surface area contributed by atoms with Gasteiger partial charge in [0.1, 0.15) is 12.4 Å². The maximum Gasteiger partial charge on any atom is 0.321 e. The maximum atomic E-state index is 12.5. The number of amides is 2. The Bertz CT molecular complexity index is 876. The smallest absolute Gasteiger partial charge is 0.321 e. The van der Waals surface area contributed by atoms with E-state index >= 15 is 0 Å². The van der Waals surface area contributed by atoms with Crippen LogP contribution in [0.3, 0.4) is 0 Å². The van der Waals surface area contributed by atoms with Crippen LogP contribution in [0.4, 0.5) is 10.5 Å². The van der Waals surface area contributed by atoms with Crippen LogP contribution in [0.15, 0.2) is 48.8 Å². The summed E-state index contributed by atoms with van der Waals surface area (Å²) in [6, 6.07) is 10.9. The van der Waals surface area contributed by atoms with E-state index in [0.29, 0.717) is 43.4 Å². The lowest BCUT2D eigenvalue weighted by Gasteiger charge is -2.39. The van der Waals surface area contributed by atoms with Crippen LogP contribution in [0.25, 0.3) is 0 Å². The number of likely N-dealkylation sites (tertiary alicyclic amines) is 1. The molecule has 2 aliphatic heterocycles. The summed E-state index contributed by atoms with van der Waals surface area (Å²) in [5, 5.41) is 6.09. The van der Waals surface area contributed by atoms with Gasteiger partial charge >= 0.3 is 6.03 Å². The van der Waals surface area contributed by atoms with E-state index in [9.17, 15) is 9.59 Å². The molecule has 1 atom stereocenters. The van der Waals surface area contributed by atoms with Crippen LogP contribution in [0.1, 0.15) is 17.9 Å². The van der Waals surface area contributed by atoms with E-state index in [4.69, 9.17) is 9.47 Å². The molecule has 2 saturated heterocycles. The molecule has 2 fully saturated rings. The first-order chi connectivity index (χ1) is 14.6. The SMILES string of the molecule is COCC(=O)[C@@]1(Oc2ccc(NC(=O)N3CC(c4cccnc4)C3)cc2)CCNC1. The van der Waals surface area contributed by atoms with E-state index in [-0.39, 0.29) is 18.4 Å².